The maximum absolute atomic E-state index is 13.6. The molecule has 0 atom stereocenters. The molecule has 1 N–H and O–H groups in total. The van der Waals surface area contributed by atoms with Crippen LogP contribution in [0, 0.1) is 5.82 Å². The molecule has 0 unspecified atom stereocenters. The standard InChI is InChI=1S/C15H14BrFN2O2/c16-11-8-12(17)15(19-9-11)18-4-3-10-1-2-13-14(7-10)21-6-5-20-13/h1-2,7-9H,3-6H2,(H,18,19). The normalized spacial score (nSPS) is 13.0. The highest BCUT2D eigenvalue weighted by Crippen LogP contribution is 2.30. The average molecular weight is 353 g/mol. The van der Waals surface area contributed by atoms with Crippen molar-refractivity contribution in [3.05, 3.63) is 46.3 Å². The Bertz CT molecular complexity index is 652. The maximum atomic E-state index is 13.6. The Morgan fingerprint density at radius 3 is 2.81 bits per heavy atom. The molecular weight excluding hydrogens is 339 g/mol. The highest BCUT2D eigenvalue weighted by molar-refractivity contribution is 9.10. The van der Waals surface area contributed by atoms with E-state index in [1.54, 1.807) is 6.20 Å². The number of pyridine rings is 1. The van der Waals surface area contributed by atoms with E-state index in [2.05, 4.69) is 26.2 Å². The number of benzene rings is 1. The zero-order chi connectivity index (χ0) is 14.7. The summed E-state index contributed by atoms with van der Waals surface area (Å²) >= 11 is 3.18. The van der Waals surface area contributed by atoms with Gasteiger partial charge in [0.2, 0.25) is 0 Å². The highest BCUT2D eigenvalue weighted by Gasteiger charge is 2.11. The summed E-state index contributed by atoms with van der Waals surface area (Å²) in [6.45, 7) is 1.75. The van der Waals surface area contributed by atoms with Crippen molar-refractivity contribution in [3.63, 3.8) is 0 Å². The number of nitrogens with one attached hydrogen (secondary N) is 1. The van der Waals surface area contributed by atoms with Crippen LogP contribution in [0.4, 0.5) is 10.2 Å². The Balaban J connectivity index is 1.60. The molecule has 1 aliphatic rings. The number of anilines is 1. The van der Waals surface area contributed by atoms with Gasteiger partial charge in [-0.05, 0) is 46.1 Å². The lowest BCUT2D eigenvalue weighted by Crippen LogP contribution is -2.15. The van der Waals surface area contributed by atoms with Gasteiger partial charge in [-0.2, -0.15) is 0 Å². The third-order valence-corrected chi connectivity index (χ3v) is 3.55. The Hall–Kier alpha value is -1.82. The van der Waals surface area contributed by atoms with E-state index < -0.39 is 0 Å². The van der Waals surface area contributed by atoms with Crippen LogP contribution in [0.15, 0.2) is 34.9 Å². The first-order valence-corrected chi connectivity index (χ1v) is 7.45. The number of ether oxygens (including phenoxy) is 2. The molecule has 4 nitrogen and oxygen atoms in total. The fourth-order valence-corrected chi connectivity index (χ4v) is 2.42. The molecule has 0 saturated carbocycles. The molecule has 0 radical (unpaired) electrons. The van der Waals surface area contributed by atoms with Gasteiger partial charge in [-0.3, -0.25) is 0 Å². The third-order valence-electron chi connectivity index (χ3n) is 3.12. The highest BCUT2D eigenvalue weighted by atomic mass is 79.9. The molecule has 21 heavy (non-hydrogen) atoms. The van der Waals surface area contributed by atoms with E-state index in [0.717, 1.165) is 23.5 Å². The molecule has 0 aliphatic carbocycles. The second-order valence-corrected chi connectivity index (χ2v) is 5.55. The molecule has 1 aliphatic heterocycles. The predicted molar refractivity (Wildman–Crippen MR) is 81.5 cm³/mol. The van der Waals surface area contributed by atoms with Gasteiger partial charge in [-0.15, -0.1) is 0 Å². The molecule has 0 fully saturated rings. The molecule has 6 heteroatoms. The molecule has 0 spiro atoms. The van der Waals surface area contributed by atoms with Crippen molar-refractivity contribution in [1.29, 1.82) is 0 Å². The number of rotatable bonds is 4. The second kappa shape index (κ2) is 6.30. The lowest BCUT2D eigenvalue weighted by Gasteiger charge is -2.18. The van der Waals surface area contributed by atoms with Gasteiger partial charge in [0.05, 0.1) is 0 Å². The number of hydrogen-bond donors (Lipinski definition) is 1. The van der Waals surface area contributed by atoms with Crippen LogP contribution in [0.2, 0.25) is 0 Å². The lowest BCUT2D eigenvalue weighted by molar-refractivity contribution is 0.171. The third kappa shape index (κ3) is 3.44. The van der Waals surface area contributed by atoms with Gasteiger partial charge in [-0.1, -0.05) is 6.07 Å². The molecule has 2 aromatic rings. The summed E-state index contributed by atoms with van der Waals surface area (Å²) in [5.41, 5.74) is 1.10. The van der Waals surface area contributed by atoms with Gasteiger partial charge in [-0.25, -0.2) is 9.37 Å². The molecule has 0 saturated heterocycles. The van der Waals surface area contributed by atoms with Gasteiger partial charge in [0.15, 0.2) is 23.1 Å². The summed E-state index contributed by atoms with van der Waals surface area (Å²) < 4.78 is 25.2. The van der Waals surface area contributed by atoms with Crippen LogP contribution < -0.4 is 14.8 Å². The zero-order valence-corrected chi connectivity index (χ0v) is 12.8. The molecule has 3 rings (SSSR count). The molecule has 110 valence electrons. The van der Waals surface area contributed by atoms with Crippen molar-refractivity contribution in [1.82, 2.24) is 4.98 Å². The van der Waals surface area contributed by atoms with Crippen LogP contribution in [-0.4, -0.2) is 24.7 Å². The molecule has 0 bridgehead atoms. The van der Waals surface area contributed by atoms with Crippen LogP contribution in [0.3, 0.4) is 0 Å². The topological polar surface area (TPSA) is 43.4 Å². The van der Waals surface area contributed by atoms with Crippen molar-refractivity contribution >= 4 is 21.7 Å². The summed E-state index contributed by atoms with van der Waals surface area (Å²) in [6.07, 6.45) is 2.31. The molecule has 2 heterocycles. The molecule has 1 aromatic carbocycles. The number of halogens is 2. The Morgan fingerprint density at radius 2 is 2.00 bits per heavy atom. The first-order chi connectivity index (χ1) is 10.2. The van der Waals surface area contributed by atoms with Crippen LogP contribution in [-0.2, 0) is 6.42 Å². The van der Waals surface area contributed by atoms with E-state index in [-0.39, 0.29) is 11.6 Å². The van der Waals surface area contributed by atoms with Gasteiger partial charge in [0.25, 0.3) is 0 Å². The van der Waals surface area contributed by atoms with Crippen LogP contribution >= 0.6 is 15.9 Å². The quantitative estimate of drug-likeness (QED) is 0.915. The Kier molecular flexibility index (Phi) is 4.24. The Morgan fingerprint density at radius 1 is 1.19 bits per heavy atom. The summed E-state index contributed by atoms with van der Waals surface area (Å²) in [5.74, 6) is 1.44. The van der Waals surface area contributed by atoms with E-state index >= 15 is 0 Å². The Labute approximate surface area is 130 Å². The minimum atomic E-state index is -0.369. The van der Waals surface area contributed by atoms with E-state index in [4.69, 9.17) is 9.47 Å². The van der Waals surface area contributed by atoms with E-state index in [9.17, 15) is 4.39 Å². The summed E-state index contributed by atoms with van der Waals surface area (Å²) in [5, 5.41) is 2.99. The van der Waals surface area contributed by atoms with E-state index in [0.29, 0.717) is 24.2 Å². The summed E-state index contributed by atoms with van der Waals surface area (Å²) in [6, 6.07) is 7.24. The maximum Gasteiger partial charge on any atom is 0.166 e. The molecular formula is C15H14BrFN2O2. The van der Waals surface area contributed by atoms with E-state index in [1.807, 2.05) is 18.2 Å². The zero-order valence-electron chi connectivity index (χ0n) is 11.2. The van der Waals surface area contributed by atoms with Gasteiger partial charge in [0, 0.05) is 17.2 Å². The van der Waals surface area contributed by atoms with Crippen LogP contribution in [0.5, 0.6) is 11.5 Å². The van der Waals surface area contributed by atoms with Crippen LogP contribution in [0.1, 0.15) is 5.56 Å². The number of aromatic nitrogens is 1. The van der Waals surface area contributed by atoms with Gasteiger partial charge in [0.1, 0.15) is 13.2 Å². The van der Waals surface area contributed by atoms with Crippen molar-refractivity contribution in [2.24, 2.45) is 0 Å². The SMILES string of the molecule is Fc1cc(Br)cnc1NCCc1ccc2c(c1)OCCO2. The van der Waals surface area contributed by atoms with Crippen molar-refractivity contribution < 1.29 is 13.9 Å². The first kappa shape index (κ1) is 14.1. The van der Waals surface area contributed by atoms with Crippen LogP contribution in [0.25, 0.3) is 0 Å². The van der Waals surface area contributed by atoms with Crippen molar-refractivity contribution in [2.75, 3.05) is 25.1 Å². The fourth-order valence-electron chi connectivity index (χ4n) is 2.11. The average Bonchev–Trinajstić information content (AvgIpc) is 2.49. The van der Waals surface area contributed by atoms with E-state index in [1.165, 1.54) is 6.07 Å². The molecule has 0 amide bonds. The number of nitrogens with zero attached hydrogens (tertiary/aromatic N) is 1. The lowest BCUT2D eigenvalue weighted by atomic mass is 10.1. The predicted octanol–water partition coefficient (Wildman–Crippen LogP) is 3.41. The largest absolute Gasteiger partial charge is 0.486 e. The van der Waals surface area contributed by atoms with Crippen molar-refractivity contribution in [2.45, 2.75) is 6.42 Å². The summed E-state index contributed by atoms with van der Waals surface area (Å²) in [4.78, 5) is 4.00. The fraction of sp³-hybridized carbons (Fsp3) is 0.267. The minimum absolute atomic E-state index is 0.260. The number of fused-ring (bicyclic) bond motifs is 1. The van der Waals surface area contributed by atoms with Gasteiger partial charge >= 0.3 is 0 Å². The minimum Gasteiger partial charge on any atom is -0.486 e. The molecule has 1 aromatic heterocycles. The smallest absolute Gasteiger partial charge is 0.166 e. The van der Waals surface area contributed by atoms with Crippen molar-refractivity contribution in [3.8, 4) is 11.5 Å². The summed E-state index contributed by atoms with van der Waals surface area (Å²) in [7, 11) is 0. The number of hydrogen-bond acceptors (Lipinski definition) is 4. The second-order valence-electron chi connectivity index (χ2n) is 4.64. The van der Waals surface area contributed by atoms with Gasteiger partial charge < -0.3 is 14.8 Å². The first-order valence-electron chi connectivity index (χ1n) is 6.66. The monoisotopic (exact) mass is 352 g/mol.